The first kappa shape index (κ1) is 22.5. The average molecular weight is 472 g/mol. The first-order valence-corrected chi connectivity index (χ1v) is 11.5. The number of ether oxygens (including phenoxy) is 1. The molecule has 0 atom stereocenters. The molecule has 0 unspecified atom stereocenters. The van der Waals surface area contributed by atoms with E-state index in [9.17, 15) is 18.4 Å². The number of hydrogen-bond acceptors (Lipinski definition) is 6. The second-order valence-corrected chi connectivity index (χ2v) is 8.63. The van der Waals surface area contributed by atoms with Gasteiger partial charge in [0.1, 0.15) is 12.5 Å². The largest absolute Gasteiger partial charge is 0.359 e. The van der Waals surface area contributed by atoms with Gasteiger partial charge in [-0.25, -0.2) is 18.6 Å². The van der Waals surface area contributed by atoms with E-state index in [0.717, 1.165) is 36.5 Å². The van der Waals surface area contributed by atoms with E-state index in [1.54, 1.807) is 6.20 Å². The van der Waals surface area contributed by atoms with Gasteiger partial charge >= 0.3 is 5.69 Å². The zero-order valence-electron chi connectivity index (χ0n) is 18.9. The number of carbonyl (C=O) groups is 1. The fourth-order valence-corrected chi connectivity index (χ4v) is 4.49. The minimum absolute atomic E-state index is 0.0460. The third kappa shape index (κ3) is 4.15. The fourth-order valence-electron chi connectivity index (χ4n) is 4.49. The number of halogens is 2. The van der Waals surface area contributed by atoms with Crippen LogP contribution in [0, 0.1) is 0 Å². The molecule has 1 fully saturated rings. The Kier molecular flexibility index (Phi) is 5.80. The number of anilines is 2. The van der Waals surface area contributed by atoms with Crippen LogP contribution in [0.4, 0.5) is 20.3 Å². The summed E-state index contributed by atoms with van der Waals surface area (Å²) in [6.07, 6.45) is 4.21. The Labute approximate surface area is 194 Å². The van der Waals surface area contributed by atoms with Crippen molar-refractivity contribution in [1.82, 2.24) is 24.1 Å². The van der Waals surface area contributed by atoms with Crippen LogP contribution in [-0.4, -0.2) is 62.1 Å². The summed E-state index contributed by atoms with van der Waals surface area (Å²) in [5.74, 6) is -2.21. The standard InChI is InChI=1S/C23H26F2N6O3/c1-2-34-15-31-22(33)30-9-5-18(13-19(30)27-31)29-8-3-4-16-12-17(14-26-20(16)29)21(32)28-10-6-23(24,25)7-11-28/h5,9,12-14H,2-4,6-8,10-11,15H2,1H3. The summed E-state index contributed by atoms with van der Waals surface area (Å²) in [5.41, 5.74) is 2.42. The van der Waals surface area contributed by atoms with Crippen molar-refractivity contribution < 1.29 is 18.3 Å². The molecule has 1 saturated heterocycles. The number of carbonyl (C=O) groups excluding carboxylic acids is 1. The lowest BCUT2D eigenvalue weighted by atomic mass is 10.0. The topological polar surface area (TPSA) is 85.0 Å². The van der Waals surface area contributed by atoms with E-state index >= 15 is 0 Å². The molecule has 0 aromatic carbocycles. The van der Waals surface area contributed by atoms with Crippen LogP contribution in [0.2, 0.25) is 0 Å². The van der Waals surface area contributed by atoms with Gasteiger partial charge in [-0.2, -0.15) is 4.68 Å². The monoisotopic (exact) mass is 472 g/mol. The SMILES string of the molecule is CCOCn1nc2cc(N3CCCc4cc(C(=O)N5CCC(F)(F)CC5)cnc43)ccn2c1=O. The van der Waals surface area contributed by atoms with Crippen LogP contribution < -0.4 is 10.6 Å². The van der Waals surface area contributed by atoms with Crippen LogP contribution in [0.5, 0.6) is 0 Å². The average Bonchev–Trinajstić information content (AvgIpc) is 3.16. The van der Waals surface area contributed by atoms with Crippen molar-refractivity contribution in [3.63, 3.8) is 0 Å². The molecule has 3 aromatic heterocycles. The van der Waals surface area contributed by atoms with Crippen molar-refractivity contribution in [3.05, 3.63) is 52.2 Å². The molecule has 11 heteroatoms. The van der Waals surface area contributed by atoms with Crippen LogP contribution >= 0.6 is 0 Å². The maximum atomic E-state index is 13.5. The molecule has 0 spiro atoms. The molecule has 180 valence electrons. The van der Waals surface area contributed by atoms with Gasteiger partial charge in [-0.3, -0.25) is 9.20 Å². The number of amides is 1. The number of likely N-dealkylation sites (tertiary alicyclic amines) is 1. The molecule has 5 heterocycles. The molecule has 2 aliphatic heterocycles. The van der Waals surface area contributed by atoms with Gasteiger partial charge in [0.25, 0.3) is 11.8 Å². The van der Waals surface area contributed by atoms with E-state index < -0.39 is 5.92 Å². The molecule has 34 heavy (non-hydrogen) atoms. The van der Waals surface area contributed by atoms with Crippen molar-refractivity contribution in [2.75, 3.05) is 31.1 Å². The highest BCUT2D eigenvalue weighted by Crippen LogP contribution is 2.33. The van der Waals surface area contributed by atoms with Crippen molar-refractivity contribution >= 4 is 23.1 Å². The highest BCUT2D eigenvalue weighted by molar-refractivity contribution is 5.94. The summed E-state index contributed by atoms with van der Waals surface area (Å²) >= 11 is 0. The molecular formula is C23H26F2N6O3. The van der Waals surface area contributed by atoms with E-state index in [1.165, 1.54) is 20.2 Å². The molecule has 0 N–H and O–H groups in total. The van der Waals surface area contributed by atoms with Crippen molar-refractivity contribution in [1.29, 1.82) is 0 Å². The Morgan fingerprint density at radius 1 is 1.21 bits per heavy atom. The number of pyridine rings is 2. The van der Waals surface area contributed by atoms with Crippen molar-refractivity contribution in [3.8, 4) is 0 Å². The third-order valence-corrected chi connectivity index (χ3v) is 6.35. The number of piperidine rings is 1. The molecule has 1 amide bonds. The Bertz CT molecular complexity index is 1280. The van der Waals surface area contributed by atoms with Crippen LogP contribution in [0.1, 0.15) is 42.1 Å². The highest BCUT2D eigenvalue weighted by atomic mass is 19.3. The highest BCUT2D eigenvalue weighted by Gasteiger charge is 2.36. The summed E-state index contributed by atoms with van der Waals surface area (Å²) in [6.45, 7) is 3.25. The Morgan fingerprint density at radius 2 is 2.00 bits per heavy atom. The van der Waals surface area contributed by atoms with Crippen LogP contribution in [0.25, 0.3) is 5.65 Å². The molecular weight excluding hydrogens is 446 g/mol. The van der Waals surface area contributed by atoms with Gasteiger partial charge in [-0.15, -0.1) is 5.10 Å². The van der Waals surface area contributed by atoms with E-state index in [0.29, 0.717) is 17.8 Å². The van der Waals surface area contributed by atoms with E-state index in [-0.39, 0.29) is 44.3 Å². The van der Waals surface area contributed by atoms with Gasteiger partial charge in [-0.1, -0.05) is 0 Å². The molecule has 2 aliphatic rings. The summed E-state index contributed by atoms with van der Waals surface area (Å²) in [6, 6.07) is 5.49. The number of aromatic nitrogens is 4. The van der Waals surface area contributed by atoms with E-state index in [2.05, 4.69) is 10.1 Å². The Balaban J connectivity index is 1.40. The van der Waals surface area contributed by atoms with Gasteiger partial charge in [0.05, 0.1) is 5.56 Å². The zero-order chi connectivity index (χ0) is 23.9. The van der Waals surface area contributed by atoms with Crippen molar-refractivity contribution in [2.24, 2.45) is 0 Å². The van der Waals surface area contributed by atoms with Crippen LogP contribution in [0.3, 0.4) is 0 Å². The second kappa shape index (κ2) is 8.79. The van der Waals surface area contributed by atoms with Gasteiger partial charge in [0.2, 0.25) is 0 Å². The minimum atomic E-state index is -2.70. The predicted molar refractivity (Wildman–Crippen MR) is 121 cm³/mol. The Morgan fingerprint density at radius 3 is 2.76 bits per heavy atom. The van der Waals surface area contributed by atoms with Gasteiger partial charge in [0, 0.05) is 63.2 Å². The van der Waals surface area contributed by atoms with E-state index in [4.69, 9.17) is 4.74 Å². The first-order chi connectivity index (χ1) is 16.4. The third-order valence-electron chi connectivity index (χ3n) is 6.35. The van der Waals surface area contributed by atoms with Crippen molar-refractivity contribution in [2.45, 2.75) is 45.3 Å². The molecule has 9 nitrogen and oxygen atoms in total. The number of fused-ring (bicyclic) bond motifs is 2. The molecule has 3 aromatic rings. The van der Waals surface area contributed by atoms with Crippen LogP contribution in [-0.2, 0) is 17.9 Å². The Hall–Kier alpha value is -3.34. The summed E-state index contributed by atoms with van der Waals surface area (Å²) < 4.78 is 35.0. The normalized spacial score (nSPS) is 17.7. The molecule has 0 radical (unpaired) electrons. The number of nitrogens with zero attached hydrogens (tertiary/aromatic N) is 6. The predicted octanol–water partition coefficient (Wildman–Crippen LogP) is 2.84. The lowest BCUT2D eigenvalue weighted by Crippen LogP contribution is -2.42. The number of hydrogen-bond donors (Lipinski definition) is 0. The summed E-state index contributed by atoms with van der Waals surface area (Å²) in [7, 11) is 0. The lowest BCUT2D eigenvalue weighted by Gasteiger charge is -2.33. The first-order valence-electron chi connectivity index (χ1n) is 11.5. The van der Waals surface area contributed by atoms with Crippen LogP contribution in [0.15, 0.2) is 35.4 Å². The van der Waals surface area contributed by atoms with Gasteiger partial charge in [0.15, 0.2) is 5.65 Å². The lowest BCUT2D eigenvalue weighted by molar-refractivity contribution is -0.0494. The number of aryl methyl sites for hydroxylation is 1. The number of alkyl halides is 2. The zero-order valence-corrected chi connectivity index (χ0v) is 18.9. The van der Waals surface area contributed by atoms with E-state index in [1.807, 2.05) is 30.0 Å². The molecule has 0 aliphatic carbocycles. The number of rotatable bonds is 5. The quantitative estimate of drug-likeness (QED) is 0.568. The van der Waals surface area contributed by atoms with Gasteiger partial charge < -0.3 is 14.5 Å². The summed E-state index contributed by atoms with van der Waals surface area (Å²) in [5, 5.41) is 4.35. The van der Waals surface area contributed by atoms with Gasteiger partial charge in [-0.05, 0) is 37.5 Å². The molecule has 0 bridgehead atoms. The maximum absolute atomic E-state index is 13.5. The minimum Gasteiger partial charge on any atom is -0.359 e. The smallest absolute Gasteiger partial charge is 0.352 e. The summed E-state index contributed by atoms with van der Waals surface area (Å²) in [4.78, 5) is 33.4. The molecule has 5 rings (SSSR count). The maximum Gasteiger partial charge on any atom is 0.352 e. The fraction of sp³-hybridized carbons (Fsp3) is 0.478. The molecule has 0 saturated carbocycles. The second-order valence-electron chi connectivity index (χ2n) is 8.63.